The van der Waals surface area contributed by atoms with E-state index in [4.69, 9.17) is 23.7 Å². The van der Waals surface area contributed by atoms with Gasteiger partial charge >= 0.3 is 36.2 Å². The van der Waals surface area contributed by atoms with Crippen LogP contribution in [0.25, 0.3) is 0 Å². The largest absolute Gasteiger partial charge is 0.481 e. The van der Waals surface area contributed by atoms with Gasteiger partial charge in [-0.15, -0.1) is 0 Å². The third-order valence-corrected chi connectivity index (χ3v) is 12.2. The number of carboxylic acids is 1. The van der Waals surface area contributed by atoms with E-state index in [-0.39, 0.29) is 75.6 Å². The number of aliphatic carboxylic acids is 1. The zero-order chi connectivity index (χ0) is 58.2. The summed E-state index contributed by atoms with van der Waals surface area (Å²) in [4.78, 5) is 86.9. The van der Waals surface area contributed by atoms with Gasteiger partial charge < -0.3 is 76.6 Å². The number of hydrogen-bond acceptors (Lipinski definition) is 14. The lowest BCUT2D eigenvalue weighted by molar-refractivity contribution is -0.137. The van der Waals surface area contributed by atoms with Gasteiger partial charge in [0.25, 0.3) is 10.0 Å². The van der Waals surface area contributed by atoms with Crippen LogP contribution in [0.1, 0.15) is 77.0 Å². The smallest absolute Gasteiger partial charge is 0.408 e. The molecule has 0 radical (unpaired) electrons. The van der Waals surface area contributed by atoms with Gasteiger partial charge in [0.2, 0.25) is 5.91 Å². The van der Waals surface area contributed by atoms with Crippen molar-refractivity contribution in [1.82, 2.24) is 31.9 Å². The van der Waals surface area contributed by atoms with Crippen molar-refractivity contribution >= 4 is 74.9 Å². The maximum absolute atomic E-state index is 13.3. The summed E-state index contributed by atoms with van der Waals surface area (Å²) in [5, 5.41) is 33.5. The third kappa shape index (κ3) is 26.9. The number of alkyl carbamates (subject to hydrolysis) is 2. The molecule has 0 spiro atoms. The molecule has 0 bridgehead atoms. The Kier molecular flexibility index (Phi) is 27.8. The predicted octanol–water partition coefficient (Wildman–Crippen LogP) is 6.63. The van der Waals surface area contributed by atoms with Gasteiger partial charge in [-0.1, -0.05) is 55.5 Å². The molecular formula is C54H74N10O15S. The Morgan fingerprint density at radius 3 is 1.80 bits per heavy atom. The second kappa shape index (κ2) is 34.6. The van der Waals surface area contributed by atoms with E-state index < -0.39 is 76.3 Å². The van der Waals surface area contributed by atoms with E-state index in [1.165, 1.54) is 54.6 Å². The number of unbranched alkanes of at least 4 members (excludes halogenated alkanes) is 1. The number of benzene rings is 4. The maximum Gasteiger partial charge on any atom is 0.408 e. The van der Waals surface area contributed by atoms with E-state index >= 15 is 0 Å². The summed E-state index contributed by atoms with van der Waals surface area (Å²) in [7, 11) is -4.16. The molecule has 4 aromatic rings. The van der Waals surface area contributed by atoms with Gasteiger partial charge in [0.05, 0.1) is 57.0 Å². The van der Waals surface area contributed by atoms with E-state index in [0.29, 0.717) is 49.3 Å². The monoisotopic (exact) mass is 1130 g/mol. The predicted molar refractivity (Wildman–Crippen MR) is 299 cm³/mol. The Hall–Kier alpha value is -8.20. The summed E-state index contributed by atoms with van der Waals surface area (Å²) >= 11 is 0. The lowest BCUT2D eigenvalue weighted by atomic mass is 10.0. The Labute approximate surface area is 465 Å². The molecule has 0 aliphatic heterocycles. The highest BCUT2D eigenvalue weighted by atomic mass is 32.2. The molecule has 0 aromatic heterocycles. The number of nitrogens with one attached hydrogen (secondary N) is 10. The first kappa shape index (κ1) is 64.3. The van der Waals surface area contributed by atoms with Crippen LogP contribution in [0, 0.1) is 0 Å². The number of urea groups is 3. The maximum atomic E-state index is 13.3. The van der Waals surface area contributed by atoms with E-state index in [9.17, 15) is 47.1 Å². The zero-order valence-electron chi connectivity index (χ0n) is 45.4. The second-order valence-corrected chi connectivity index (χ2v) is 20.3. The number of amides is 9. The highest BCUT2D eigenvalue weighted by Crippen LogP contribution is 2.25. The average molecular weight is 1140 g/mol. The van der Waals surface area contributed by atoms with Crippen LogP contribution in [0.4, 0.5) is 46.7 Å². The number of carboxylic acid groups (broad SMARTS) is 1. The molecule has 25 nitrogen and oxygen atoms in total. The summed E-state index contributed by atoms with van der Waals surface area (Å²) in [6, 6.07) is 23.2. The Morgan fingerprint density at radius 1 is 0.575 bits per heavy atom. The van der Waals surface area contributed by atoms with Crippen molar-refractivity contribution in [3.63, 3.8) is 0 Å². The van der Waals surface area contributed by atoms with Crippen molar-refractivity contribution in [2.24, 2.45) is 0 Å². The fourth-order valence-electron chi connectivity index (χ4n) is 7.05. The first-order valence-corrected chi connectivity index (χ1v) is 27.4. The van der Waals surface area contributed by atoms with E-state index in [1.807, 2.05) is 37.3 Å². The van der Waals surface area contributed by atoms with Crippen molar-refractivity contribution in [2.45, 2.75) is 89.0 Å². The summed E-state index contributed by atoms with van der Waals surface area (Å²) in [6.45, 7) is 9.80. The van der Waals surface area contributed by atoms with Gasteiger partial charge in [-0.3, -0.25) is 14.3 Å². The van der Waals surface area contributed by atoms with Gasteiger partial charge in [0, 0.05) is 48.9 Å². The normalized spacial score (nSPS) is 11.8. The van der Waals surface area contributed by atoms with Crippen molar-refractivity contribution in [3.05, 3.63) is 114 Å². The highest BCUT2D eigenvalue weighted by molar-refractivity contribution is 7.92. The number of hydrogen-bond donors (Lipinski definition) is 11. The lowest BCUT2D eigenvalue weighted by Crippen LogP contribution is -2.47. The lowest BCUT2D eigenvalue weighted by Gasteiger charge is -2.20. The Balaban J connectivity index is 1.08. The summed E-state index contributed by atoms with van der Waals surface area (Å²) in [5.74, 6) is -1.63. The van der Waals surface area contributed by atoms with Gasteiger partial charge in [0.1, 0.15) is 18.2 Å². The number of carbonyl (C=O) groups excluding carboxylic acids is 6. The molecule has 4 aromatic carbocycles. The topological polar surface area (TPSA) is 340 Å². The molecule has 26 heteroatoms. The Bertz CT molecular complexity index is 2710. The third-order valence-electron chi connectivity index (χ3n) is 10.8. The standard InChI is InChI=1S/C54H74N10O15S/c1-5-24-56-49(68)61-42-16-12-18-44(35-42)80(73,74)64-43-17-11-15-39(34-43)46(36-47(65)66)62-51(70)60-41-22-20-40(21-23-41)59-50(69)57-27-29-76-31-33-77-32-30-75-28-26-55-48(67)45(19-9-10-25-58-52(71)79-54(2,3)4)63-53(72)78-37-38-13-7-6-8-14-38/h6-8,11-18,20-23,34-35,45-46,64H,5,9-10,19,24-33,36-37H2,1-4H3,(H,55,67)(H,58,71)(H,63,72)(H,65,66)(H2,56,61,68)(H2,57,59,69)(H2,60,62,70)/t45-,46+/m0/s1. The van der Waals surface area contributed by atoms with E-state index in [1.54, 1.807) is 39.0 Å². The fraction of sp³-hybridized carbons (Fsp3) is 0.426. The Morgan fingerprint density at radius 2 is 1.16 bits per heavy atom. The molecule has 0 aliphatic carbocycles. The SMILES string of the molecule is CCCNC(=O)Nc1cccc(S(=O)(=O)Nc2cccc([C@@H](CC(=O)O)NC(=O)Nc3ccc(NC(=O)NCCOCCOCCOCCNC(=O)[C@H](CCCCNC(=O)OC(C)(C)C)NC(=O)OCc4ccccc4)cc3)c2)c1. The molecule has 11 N–H and O–H groups in total. The minimum absolute atomic E-state index is 0.0395. The second-order valence-electron chi connectivity index (χ2n) is 18.7. The molecule has 4 rings (SSSR count). The molecule has 0 unspecified atom stereocenters. The summed E-state index contributed by atoms with van der Waals surface area (Å²) in [6.07, 6.45) is 0.275. The van der Waals surface area contributed by atoms with Crippen LogP contribution in [0.3, 0.4) is 0 Å². The van der Waals surface area contributed by atoms with E-state index in [2.05, 4.69) is 52.6 Å². The van der Waals surface area contributed by atoms with Crippen LogP contribution in [-0.4, -0.2) is 133 Å². The fourth-order valence-corrected chi connectivity index (χ4v) is 8.15. The molecule has 0 saturated carbocycles. The molecule has 436 valence electrons. The van der Waals surface area contributed by atoms with Gasteiger partial charge in [-0.05, 0) is 112 Å². The van der Waals surface area contributed by atoms with Crippen molar-refractivity contribution in [3.8, 4) is 0 Å². The van der Waals surface area contributed by atoms with Crippen LogP contribution in [0.2, 0.25) is 0 Å². The minimum Gasteiger partial charge on any atom is -0.481 e. The summed E-state index contributed by atoms with van der Waals surface area (Å²) in [5.41, 5.74) is 1.56. The molecule has 0 aliphatic rings. The number of anilines is 4. The first-order valence-electron chi connectivity index (χ1n) is 26.0. The van der Waals surface area contributed by atoms with Crippen LogP contribution in [0.5, 0.6) is 0 Å². The van der Waals surface area contributed by atoms with Crippen molar-refractivity contribution < 1.29 is 70.8 Å². The van der Waals surface area contributed by atoms with Crippen molar-refractivity contribution in [2.75, 3.05) is 86.5 Å². The molecular weight excluding hydrogens is 1060 g/mol. The summed E-state index contributed by atoms with van der Waals surface area (Å²) < 4.78 is 56.2. The van der Waals surface area contributed by atoms with Crippen molar-refractivity contribution in [1.29, 1.82) is 0 Å². The molecule has 0 saturated heterocycles. The first-order chi connectivity index (χ1) is 38.3. The van der Waals surface area contributed by atoms with Crippen LogP contribution >= 0.6 is 0 Å². The number of rotatable bonds is 33. The number of carbonyl (C=O) groups is 7. The highest BCUT2D eigenvalue weighted by Gasteiger charge is 2.23. The van der Waals surface area contributed by atoms with Gasteiger partial charge in [-0.25, -0.2) is 32.4 Å². The molecule has 0 heterocycles. The average Bonchev–Trinajstić information content (AvgIpc) is 3.40. The molecule has 0 fully saturated rings. The number of ether oxygens (including phenoxy) is 5. The van der Waals surface area contributed by atoms with E-state index in [0.717, 1.165) is 12.0 Å². The van der Waals surface area contributed by atoms with Gasteiger partial charge in [-0.2, -0.15) is 0 Å². The number of sulfonamides is 1. The zero-order valence-corrected chi connectivity index (χ0v) is 46.2. The van der Waals surface area contributed by atoms with Crippen LogP contribution in [-0.2, 0) is 49.9 Å². The molecule has 80 heavy (non-hydrogen) atoms. The quantitative estimate of drug-likeness (QED) is 0.0223. The van der Waals surface area contributed by atoms with Crippen LogP contribution in [0.15, 0.2) is 108 Å². The molecule has 9 amide bonds. The van der Waals surface area contributed by atoms with Gasteiger partial charge in [0.15, 0.2) is 0 Å². The van der Waals surface area contributed by atoms with Crippen LogP contribution < -0.4 is 52.6 Å². The molecule has 2 atom stereocenters. The minimum atomic E-state index is -4.16.